The predicted octanol–water partition coefficient (Wildman–Crippen LogP) is 2.69. The van der Waals surface area contributed by atoms with Gasteiger partial charge in [-0.15, -0.1) is 12.4 Å². The SMILES string of the molecule is CCCCC(CN)NC(=O)c1ccc(OCC(F)(F)F)nc1.Cl. The quantitative estimate of drug-likeness (QED) is 0.751. The monoisotopic (exact) mass is 355 g/mol. The molecule has 0 saturated heterocycles. The fourth-order valence-corrected chi connectivity index (χ4v) is 1.72. The number of ether oxygens (including phenoxy) is 1. The van der Waals surface area contributed by atoms with Crippen molar-refractivity contribution in [3.8, 4) is 5.88 Å². The first kappa shape index (κ1) is 21.5. The third-order valence-electron chi connectivity index (χ3n) is 2.91. The Bertz CT molecular complexity index is 469. The molecule has 0 bridgehead atoms. The molecule has 1 aromatic rings. The topological polar surface area (TPSA) is 77.2 Å². The highest BCUT2D eigenvalue weighted by molar-refractivity contribution is 5.94. The van der Waals surface area contributed by atoms with E-state index in [0.29, 0.717) is 6.54 Å². The average Bonchev–Trinajstić information content (AvgIpc) is 2.49. The fourth-order valence-electron chi connectivity index (χ4n) is 1.72. The lowest BCUT2D eigenvalue weighted by molar-refractivity contribution is -0.154. The molecule has 1 amide bonds. The van der Waals surface area contributed by atoms with E-state index in [9.17, 15) is 18.0 Å². The van der Waals surface area contributed by atoms with Gasteiger partial charge in [0.15, 0.2) is 6.61 Å². The van der Waals surface area contributed by atoms with Gasteiger partial charge in [0.05, 0.1) is 5.56 Å². The number of pyridine rings is 1. The van der Waals surface area contributed by atoms with Gasteiger partial charge < -0.3 is 15.8 Å². The number of amides is 1. The van der Waals surface area contributed by atoms with E-state index in [4.69, 9.17) is 5.73 Å². The number of nitrogens with two attached hydrogens (primary N) is 1. The van der Waals surface area contributed by atoms with Gasteiger partial charge in [0.2, 0.25) is 5.88 Å². The van der Waals surface area contributed by atoms with Crippen LogP contribution < -0.4 is 15.8 Å². The molecule has 0 aliphatic rings. The normalized spacial score (nSPS) is 12.2. The van der Waals surface area contributed by atoms with Crippen LogP contribution in [0.4, 0.5) is 13.2 Å². The lowest BCUT2D eigenvalue weighted by Gasteiger charge is -2.16. The van der Waals surface area contributed by atoms with Crippen LogP contribution in [0.5, 0.6) is 5.88 Å². The van der Waals surface area contributed by atoms with Crippen LogP contribution in [0.15, 0.2) is 18.3 Å². The minimum absolute atomic E-state index is 0. The maximum atomic E-state index is 12.0. The molecule has 0 aromatic carbocycles. The number of carbonyl (C=O) groups excluding carboxylic acids is 1. The van der Waals surface area contributed by atoms with E-state index in [1.165, 1.54) is 18.3 Å². The second-order valence-electron chi connectivity index (χ2n) is 4.84. The molecule has 1 aromatic heterocycles. The summed E-state index contributed by atoms with van der Waals surface area (Å²) in [4.78, 5) is 15.7. The number of alkyl halides is 3. The van der Waals surface area contributed by atoms with Gasteiger partial charge in [0.1, 0.15) is 0 Å². The lowest BCUT2D eigenvalue weighted by atomic mass is 10.1. The number of carbonyl (C=O) groups is 1. The standard InChI is InChI=1S/C14H20F3N3O2.ClH/c1-2-3-4-11(7-18)20-13(21)10-5-6-12(19-8-10)22-9-14(15,16)17;/h5-6,8,11H,2-4,7,9,18H2,1H3,(H,20,21);1H. The average molecular weight is 356 g/mol. The van der Waals surface area contributed by atoms with Crippen molar-refractivity contribution in [3.05, 3.63) is 23.9 Å². The summed E-state index contributed by atoms with van der Waals surface area (Å²) in [6.45, 7) is 0.947. The number of nitrogens with one attached hydrogen (secondary N) is 1. The molecule has 0 spiro atoms. The minimum Gasteiger partial charge on any atom is -0.468 e. The molecule has 0 aliphatic heterocycles. The van der Waals surface area contributed by atoms with Crippen LogP contribution in [0.25, 0.3) is 0 Å². The van der Waals surface area contributed by atoms with Crippen molar-refractivity contribution in [3.63, 3.8) is 0 Å². The molecule has 5 nitrogen and oxygen atoms in total. The molecule has 1 heterocycles. The first-order valence-electron chi connectivity index (χ1n) is 7.02. The van der Waals surface area contributed by atoms with Gasteiger partial charge in [-0.05, 0) is 12.5 Å². The van der Waals surface area contributed by atoms with Crippen LogP contribution in [0.1, 0.15) is 36.5 Å². The maximum absolute atomic E-state index is 12.0. The van der Waals surface area contributed by atoms with Crippen LogP contribution in [0, 0.1) is 0 Å². The van der Waals surface area contributed by atoms with Gasteiger partial charge in [-0.1, -0.05) is 19.8 Å². The Morgan fingerprint density at radius 1 is 1.43 bits per heavy atom. The van der Waals surface area contributed by atoms with E-state index in [1.54, 1.807) is 0 Å². The van der Waals surface area contributed by atoms with Crippen LogP contribution in [0.2, 0.25) is 0 Å². The van der Waals surface area contributed by atoms with Gasteiger partial charge in [-0.25, -0.2) is 4.98 Å². The van der Waals surface area contributed by atoms with Crippen molar-refractivity contribution < 1.29 is 22.7 Å². The summed E-state index contributed by atoms with van der Waals surface area (Å²) in [7, 11) is 0. The van der Waals surface area contributed by atoms with Gasteiger partial charge in [0, 0.05) is 24.8 Å². The van der Waals surface area contributed by atoms with Gasteiger partial charge in [0.25, 0.3) is 5.91 Å². The molecule has 3 N–H and O–H groups in total. The number of hydrogen-bond donors (Lipinski definition) is 2. The third-order valence-corrected chi connectivity index (χ3v) is 2.91. The minimum atomic E-state index is -4.43. The second-order valence-corrected chi connectivity index (χ2v) is 4.84. The van der Waals surface area contributed by atoms with E-state index in [-0.39, 0.29) is 35.8 Å². The Balaban J connectivity index is 0.00000484. The highest BCUT2D eigenvalue weighted by Crippen LogP contribution is 2.17. The maximum Gasteiger partial charge on any atom is 0.422 e. The largest absolute Gasteiger partial charge is 0.468 e. The molecule has 1 unspecified atom stereocenters. The molecule has 0 saturated carbocycles. The third kappa shape index (κ3) is 8.61. The highest BCUT2D eigenvalue weighted by Gasteiger charge is 2.28. The van der Waals surface area contributed by atoms with Gasteiger partial charge in [-0.3, -0.25) is 4.79 Å². The van der Waals surface area contributed by atoms with Crippen molar-refractivity contribution in [1.82, 2.24) is 10.3 Å². The van der Waals surface area contributed by atoms with Crippen LogP contribution in [0.3, 0.4) is 0 Å². The molecule has 0 fully saturated rings. The van der Waals surface area contributed by atoms with Crippen LogP contribution in [-0.2, 0) is 0 Å². The first-order chi connectivity index (χ1) is 10.4. The summed E-state index contributed by atoms with van der Waals surface area (Å²) in [6, 6.07) is 2.46. The number of halogens is 4. The summed E-state index contributed by atoms with van der Waals surface area (Å²) in [5.74, 6) is -0.545. The second kappa shape index (κ2) is 10.3. The molecular formula is C14H21ClF3N3O2. The van der Waals surface area contributed by atoms with Crippen molar-refractivity contribution in [2.24, 2.45) is 5.73 Å². The zero-order chi connectivity index (χ0) is 16.6. The summed E-state index contributed by atoms with van der Waals surface area (Å²) >= 11 is 0. The van der Waals surface area contributed by atoms with Gasteiger partial charge in [-0.2, -0.15) is 13.2 Å². The molecule has 132 valence electrons. The zero-order valence-electron chi connectivity index (χ0n) is 12.7. The molecule has 0 radical (unpaired) electrons. The molecule has 9 heteroatoms. The summed E-state index contributed by atoms with van der Waals surface area (Å²) in [6.07, 6.45) is -0.525. The van der Waals surface area contributed by atoms with E-state index in [0.717, 1.165) is 19.3 Å². The Hall–Kier alpha value is -1.54. The summed E-state index contributed by atoms with van der Waals surface area (Å²) in [5, 5.41) is 2.77. The van der Waals surface area contributed by atoms with Gasteiger partial charge >= 0.3 is 6.18 Å². The Morgan fingerprint density at radius 2 is 2.13 bits per heavy atom. The number of hydrogen-bond acceptors (Lipinski definition) is 4. The Labute approximate surface area is 139 Å². The molecule has 0 aliphatic carbocycles. The number of nitrogens with zero attached hydrogens (tertiary/aromatic N) is 1. The van der Waals surface area contributed by atoms with E-state index < -0.39 is 12.8 Å². The molecule has 23 heavy (non-hydrogen) atoms. The Morgan fingerprint density at radius 3 is 2.61 bits per heavy atom. The zero-order valence-corrected chi connectivity index (χ0v) is 13.5. The number of rotatable bonds is 8. The van der Waals surface area contributed by atoms with E-state index >= 15 is 0 Å². The van der Waals surface area contributed by atoms with E-state index in [2.05, 4.69) is 15.0 Å². The molecular weight excluding hydrogens is 335 g/mol. The van der Waals surface area contributed by atoms with Crippen molar-refractivity contribution in [2.45, 2.75) is 38.4 Å². The number of aromatic nitrogens is 1. The molecule has 1 atom stereocenters. The summed E-state index contributed by atoms with van der Waals surface area (Å²) < 4.78 is 40.5. The predicted molar refractivity (Wildman–Crippen MR) is 82.9 cm³/mol. The van der Waals surface area contributed by atoms with Crippen LogP contribution >= 0.6 is 12.4 Å². The van der Waals surface area contributed by atoms with Crippen molar-refractivity contribution in [1.29, 1.82) is 0 Å². The number of unbranched alkanes of at least 4 members (excludes halogenated alkanes) is 1. The van der Waals surface area contributed by atoms with Crippen LogP contribution in [-0.4, -0.2) is 36.3 Å². The summed E-state index contributed by atoms with van der Waals surface area (Å²) in [5.41, 5.74) is 5.83. The smallest absolute Gasteiger partial charge is 0.422 e. The molecule has 1 rings (SSSR count). The van der Waals surface area contributed by atoms with E-state index in [1.807, 2.05) is 6.92 Å². The van der Waals surface area contributed by atoms with Crippen molar-refractivity contribution in [2.75, 3.05) is 13.2 Å². The first-order valence-corrected chi connectivity index (χ1v) is 7.02. The highest BCUT2D eigenvalue weighted by atomic mass is 35.5. The lowest BCUT2D eigenvalue weighted by Crippen LogP contribution is -2.40. The fraction of sp³-hybridized carbons (Fsp3) is 0.571. The Kier molecular flexibility index (Phi) is 9.59. The van der Waals surface area contributed by atoms with Crippen molar-refractivity contribution >= 4 is 18.3 Å².